The second-order valence-corrected chi connectivity index (χ2v) is 6.33. The van der Waals surface area contributed by atoms with Crippen molar-refractivity contribution in [2.24, 2.45) is 5.92 Å². The molecule has 0 N–H and O–H groups in total. The monoisotopic (exact) mass is 305 g/mol. The van der Waals surface area contributed by atoms with Gasteiger partial charge in [0.15, 0.2) is 6.73 Å². The number of likely N-dealkylation sites (N-methyl/N-ethyl adjacent to an activating group) is 1. The van der Waals surface area contributed by atoms with Crippen LogP contribution in [0.4, 0.5) is 0 Å². The Morgan fingerprint density at radius 1 is 1.27 bits per heavy atom. The summed E-state index contributed by atoms with van der Waals surface area (Å²) in [4.78, 5) is 2.41. The molecular weight excluding hydrogens is 276 g/mol. The number of methoxy groups -OCH3 is 1. The normalized spacial score (nSPS) is 18.6. The van der Waals surface area contributed by atoms with Gasteiger partial charge in [-0.15, -0.1) is 0 Å². The Morgan fingerprint density at radius 2 is 2.00 bits per heavy atom. The minimum absolute atomic E-state index is 0.474. The van der Waals surface area contributed by atoms with Crippen LogP contribution in [0.3, 0.4) is 0 Å². The van der Waals surface area contributed by atoms with Crippen molar-refractivity contribution in [2.45, 2.75) is 26.8 Å². The van der Waals surface area contributed by atoms with Crippen LogP contribution in [0, 0.1) is 12.8 Å². The topological polar surface area (TPSA) is 24.7 Å². The zero-order valence-corrected chi connectivity index (χ0v) is 14.5. The molecule has 2 rings (SSSR count). The van der Waals surface area contributed by atoms with E-state index in [2.05, 4.69) is 61.6 Å². The van der Waals surface area contributed by atoms with Crippen LogP contribution in [0.5, 0.6) is 0 Å². The third-order valence-corrected chi connectivity index (χ3v) is 4.31. The molecule has 0 saturated heterocycles. The van der Waals surface area contributed by atoms with Gasteiger partial charge in [0.1, 0.15) is 12.6 Å². The number of rotatable bonds is 7. The Labute approximate surface area is 134 Å². The number of benzene rings is 1. The largest absolute Gasteiger partial charge is 0.382 e. The summed E-state index contributed by atoms with van der Waals surface area (Å²) < 4.78 is 13.3. The van der Waals surface area contributed by atoms with Gasteiger partial charge in [-0.05, 0) is 24.5 Å². The smallest absolute Gasteiger partial charge is 0.281 e. The highest BCUT2D eigenvalue weighted by molar-refractivity contribution is 5.97. The van der Waals surface area contributed by atoms with Crippen LogP contribution >= 0.6 is 0 Å². The van der Waals surface area contributed by atoms with E-state index < -0.39 is 0 Å². The SMILES string of the molecule is COCCOCN1C(c2ccccc2C)=[N+](C)C[C@@H]1C(C)C. The molecule has 0 spiro atoms. The number of hydrogen-bond acceptors (Lipinski definition) is 3. The quantitative estimate of drug-likeness (QED) is 0.571. The Kier molecular flexibility index (Phi) is 5.98. The molecule has 1 aliphatic rings. The number of ether oxygens (including phenoxy) is 2. The first-order chi connectivity index (χ1) is 10.6. The van der Waals surface area contributed by atoms with Crippen LogP contribution in [0.2, 0.25) is 0 Å². The Balaban J connectivity index is 2.24. The van der Waals surface area contributed by atoms with E-state index in [1.807, 2.05) is 0 Å². The summed E-state index contributed by atoms with van der Waals surface area (Å²) >= 11 is 0. The maximum absolute atomic E-state index is 5.83. The van der Waals surface area contributed by atoms with E-state index in [9.17, 15) is 0 Å². The summed E-state index contributed by atoms with van der Waals surface area (Å²) in [5.41, 5.74) is 2.60. The zero-order valence-electron chi connectivity index (χ0n) is 14.5. The molecule has 1 atom stereocenters. The fourth-order valence-corrected chi connectivity index (χ4v) is 3.06. The molecule has 122 valence electrons. The minimum atomic E-state index is 0.474. The van der Waals surface area contributed by atoms with Crippen molar-refractivity contribution in [2.75, 3.05) is 40.6 Å². The van der Waals surface area contributed by atoms with E-state index in [1.54, 1.807) is 7.11 Å². The van der Waals surface area contributed by atoms with Gasteiger partial charge in [-0.3, -0.25) is 4.58 Å². The first kappa shape index (κ1) is 17.0. The van der Waals surface area contributed by atoms with Gasteiger partial charge in [0.25, 0.3) is 5.84 Å². The highest BCUT2D eigenvalue weighted by Crippen LogP contribution is 2.22. The van der Waals surface area contributed by atoms with E-state index in [-0.39, 0.29) is 0 Å². The number of aryl methyl sites for hydroxylation is 1. The lowest BCUT2D eigenvalue weighted by molar-refractivity contribution is -0.490. The first-order valence-electron chi connectivity index (χ1n) is 8.03. The third-order valence-electron chi connectivity index (χ3n) is 4.31. The van der Waals surface area contributed by atoms with E-state index in [0.29, 0.717) is 31.9 Å². The lowest BCUT2D eigenvalue weighted by Crippen LogP contribution is -2.42. The molecule has 0 saturated carbocycles. The average molecular weight is 305 g/mol. The average Bonchev–Trinajstić information content (AvgIpc) is 2.81. The maximum Gasteiger partial charge on any atom is 0.281 e. The Bertz CT molecular complexity index is 526. The number of nitrogens with zero attached hydrogens (tertiary/aromatic N) is 2. The molecule has 1 aliphatic heterocycles. The molecule has 0 unspecified atom stereocenters. The van der Waals surface area contributed by atoms with Crippen LogP contribution in [-0.4, -0.2) is 62.0 Å². The van der Waals surface area contributed by atoms with E-state index in [1.165, 1.54) is 17.0 Å². The molecule has 0 bridgehead atoms. The zero-order chi connectivity index (χ0) is 16.1. The molecule has 4 heteroatoms. The lowest BCUT2D eigenvalue weighted by Gasteiger charge is -2.23. The summed E-state index contributed by atoms with van der Waals surface area (Å²) in [6, 6.07) is 9.04. The van der Waals surface area contributed by atoms with Gasteiger partial charge in [0.2, 0.25) is 0 Å². The van der Waals surface area contributed by atoms with Crippen LogP contribution in [0.25, 0.3) is 0 Å². The molecular formula is C18H29N2O2+. The molecule has 0 aromatic heterocycles. The second kappa shape index (κ2) is 7.75. The highest BCUT2D eigenvalue weighted by Gasteiger charge is 2.41. The fraction of sp³-hybridized carbons (Fsp3) is 0.611. The molecule has 1 aromatic rings. The van der Waals surface area contributed by atoms with Gasteiger partial charge < -0.3 is 9.47 Å². The van der Waals surface area contributed by atoms with Crippen molar-refractivity contribution in [3.05, 3.63) is 35.4 Å². The van der Waals surface area contributed by atoms with E-state index in [0.717, 1.165) is 6.54 Å². The van der Waals surface area contributed by atoms with Crippen molar-refractivity contribution in [3.8, 4) is 0 Å². The summed E-state index contributed by atoms with van der Waals surface area (Å²) in [6.07, 6.45) is 0. The summed E-state index contributed by atoms with van der Waals surface area (Å²) in [6.45, 7) is 9.64. The van der Waals surface area contributed by atoms with Crippen molar-refractivity contribution in [1.82, 2.24) is 4.90 Å². The van der Waals surface area contributed by atoms with Gasteiger partial charge in [-0.25, -0.2) is 4.90 Å². The highest BCUT2D eigenvalue weighted by atomic mass is 16.5. The molecule has 0 aliphatic carbocycles. The Hall–Kier alpha value is -1.39. The summed E-state index contributed by atoms with van der Waals surface area (Å²) in [5.74, 6) is 1.85. The number of hydrogen-bond donors (Lipinski definition) is 0. The van der Waals surface area contributed by atoms with Gasteiger partial charge in [-0.2, -0.15) is 0 Å². The molecule has 22 heavy (non-hydrogen) atoms. The Morgan fingerprint density at radius 3 is 2.64 bits per heavy atom. The van der Waals surface area contributed by atoms with Gasteiger partial charge >= 0.3 is 0 Å². The summed E-state index contributed by atoms with van der Waals surface area (Å²) in [5, 5.41) is 0. The number of amidine groups is 1. The van der Waals surface area contributed by atoms with E-state index >= 15 is 0 Å². The molecule has 4 nitrogen and oxygen atoms in total. The van der Waals surface area contributed by atoms with Gasteiger partial charge in [0.05, 0.1) is 25.8 Å². The molecule has 0 amide bonds. The third kappa shape index (κ3) is 3.68. The lowest BCUT2D eigenvalue weighted by atomic mass is 10.0. The van der Waals surface area contributed by atoms with E-state index in [4.69, 9.17) is 9.47 Å². The van der Waals surface area contributed by atoms with Crippen LogP contribution in [0.1, 0.15) is 25.0 Å². The molecule has 1 aromatic carbocycles. The molecule has 1 heterocycles. The van der Waals surface area contributed by atoms with Crippen LogP contribution < -0.4 is 0 Å². The van der Waals surface area contributed by atoms with Crippen LogP contribution in [0.15, 0.2) is 24.3 Å². The minimum Gasteiger partial charge on any atom is -0.382 e. The van der Waals surface area contributed by atoms with Gasteiger partial charge in [-0.1, -0.05) is 32.0 Å². The van der Waals surface area contributed by atoms with Crippen molar-refractivity contribution in [1.29, 1.82) is 0 Å². The van der Waals surface area contributed by atoms with Gasteiger partial charge in [0, 0.05) is 7.11 Å². The molecule has 0 fully saturated rings. The first-order valence-corrected chi connectivity index (χ1v) is 8.03. The second-order valence-electron chi connectivity index (χ2n) is 6.33. The predicted molar refractivity (Wildman–Crippen MR) is 89.5 cm³/mol. The van der Waals surface area contributed by atoms with Crippen molar-refractivity contribution < 1.29 is 14.0 Å². The predicted octanol–water partition coefficient (Wildman–Crippen LogP) is 2.34. The van der Waals surface area contributed by atoms with Crippen molar-refractivity contribution in [3.63, 3.8) is 0 Å². The van der Waals surface area contributed by atoms with Crippen molar-refractivity contribution >= 4 is 5.84 Å². The van der Waals surface area contributed by atoms with Crippen LogP contribution in [-0.2, 0) is 9.47 Å². The summed E-state index contributed by atoms with van der Waals surface area (Å²) in [7, 11) is 3.88. The fourth-order valence-electron chi connectivity index (χ4n) is 3.06. The molecule has 0 radical (unpaired) electrons. The standard InChI is InChI=1S/C18H29N2O2/c1-14(2)17-12-19(4)18(16-9-7-6-8-15(16)3)20(17)13-22-11-10-21-5/h6-9,14,17H,10-13H2,1-5H3/q+1/t17-/m1/s1. The maximum atomic E-state index is 5.83.